The van der Waals surface area contributed by atoms with E-state index in [0.717, 1.165) is 12.2 Å². The van der Waals surface area contributed by atoms with Crippen molar-refractivity contribution in [2.45, 2.75) is 24.2 Å². The van der Waals surface area contributed by atoms with E-state index >= 15 is 0 Å². The number of nitrogens with one attached hydrogen (secondary N) is 1. The van der Waals surface area contributed by atoms with Crippen LogP contribution in [0.2, 0.25) is 0 Å². The van der Waals surface area contributed by atoms with E-state index in [4.69, 9.17) is 4.42 Å². The molecule has 0 spiro atoms. The van der Waals surface area contributed by atoms with Gasteiger partial charge in [0.1, 0.15) is 0 Å². The largest absolute Gasteiger partial charge is 0.459 e. The molecule has 0 radical (unpaired) electrons. The minimum atomic E-state index is -0.0909. The smallest absolute Gasteiger partial charge is 0.289 e. The first kappa shape index (κ1) is 18.6. The summed E-state index contributed by atoms with van der Waals surface area (Å²) < 4.78 is 5.16. The van der Waals surface area contributed by atoms with Crippen LogP contribution in [0.25, 0.3) is 0 Å². The number of furan rings is 1. The van der Waals surface area contributed by atoms with Crippen LogP contribution < -0.4 is 5.32 Å². The summed E-state index contributed by atoms with van der Waals surface area (Å²) in [6.45, 7) is 1.90. The number of amides is 2. The molecule has 2 amide bonds. The van der Waals surface area contributed by atoms with Gasteiger partial charge < -0.3 is 14.6 Å². The van der Waals surface area contributed by atoms with Crippen LogP contribution in [-0.2, 0) is 4.79 Å². The molecule has 2 heterocycles. The summed E-state index contributed by atoms with van der Waals surface area (Å²) in [5, 5.41) is 3.04. The van der Waals surface area contributed by atoms with Crippen molar-refractivity contribution in [3.63, 3.8) is 0 Å². The van der Waals surface area contributed by atoms with E-state index in [9.17, 15) is 9.59 Å². The van der Waals surface area contributed by atoms with Gasteiger partial charge in [0.15, 0.2) is 5.76 Å². The maximum absolute atomic E-state index is 12.3. The number of carbonyl (C=O) groups excluding carboxylic acids is 2. The molecular weight excluding hydrogens is 348 g/mol. The zero-order valence-electron chi connectivity index (χ0n) is 14.7. The number of rotatable bonds is 7. The lowest BCUT2D eigenvalue weighted by Crippen LogP contribution is -2.43. The molecule has 26 heavy (non-hydrogen) atoms. The molecule has 138 valence electrons. The first-order valence-electron chi connectivity index (χ1n) is 9.02. The van der Waals surface area contributed by atoms with Gasteiger partial charge in [-0.2, -0.15) is 0 Å². The Balaban J connectivity index is 1.32. The van der Waals surface area contributed by atoms with Crippen LogP contribution in [0.3, 0.4) is 0 Å². The van der Waals surface area contributed by atoms with E-state index in [-0.39, 0.29) is 17.7 Å². The van der Waals surface area contributed by atoms with Gasteiger partial charge in [0.05, 0.1) is 6.26 Å². The van der Waals surface area contributed by atoms with Gasteiger partial charge in [0.2, 0.25) is 5.91 Å². The Hall–Kier alpha value is -2.21. The van der Waals surface area contributed by atoms with Gasteiger partial charge in [-0.3, -0.25) is 9.59 Å². The highest BCUT2D eigenvalue weighted by Crippen LogP contribution is 2.20. The van der Waals surface area contributed by atoms with E-state index in [1.807, 2.05) is 18.2 Å². The Labute approximate surface area is 158 Å². The van der Waals surface area contributed by atoms with Crippen molar-refractivity contribution < 1.29 is 14.0 Å². The standard InChI is InChI=1S/C20H24N2O3S/c23-19(21-11-5-15-26-17-6-2-1-3-7-17)16-9-12-22(13-10-16)20(24)18-8-4-14-25-18/h1-4,6-8,14,16H,5,9-13,15H2,(H,21,23). The second-order valence-electron chi connectivity index (χ2n) is 6.35. The van der Waals surface area contributed by atoms with Crippen LogP contribution >= 0.6 is 11.8 Å². The lowest BCUT2D eigenvalue weighted by atomic mass is 9.95. The normalized spacial score (nSPS) is 15.0. The van der Waals surface area contributed by atoms with Crippen LogP contribution in [0.5, 0.6) is 0 Å². The Morgan fingerprint density at radius 1 is 1.12 bits per heavy atom. The molecular formula is C20H24N2O3S. The first-order valence-corrected chi connectivity index (χ1v) is 10.0. The molecule has 0 aliphatic carbocycles. The second-order valence-corrected chi connectivity index (χ2v) is 7.52. The number of piperidine rings is 1. The molecule has 1 aromatic carbocycles. The number of hydrogen-bond donors (Lipinski definition) is 1. The summed E-state index contributed by atoms with van der Waals surface area (Å²) in [4.78, 5) is 27.5. The highest BCUT2D eigenvalue weighted by atomic mass is 32.2. The van der Waals surface area contributed by atoms with Crippen LogP contribution in [0.15, 0.2) is 58.0 Å². The maximum Gasteiger partial charge on any atom is 0.289 e. The molecule has 0 unspecified atom stereocenters. The van der Waals surface area contributed by atoms with E-state index in [1.54, 1.807) is 28.8 Å². The monoisotopic (exact) mass is 372 g/mol. The third-order valence-corrected chi connectivity index (χ3v) is 5.62. The Kier molecular flexibility index (Phi) is 6.77. The highest BCUT2D eigenvalue weighted by molar-refractivity contribution is 7.99. The summed E-state index contributed by atoms with van der Waals surface area (Å²) in [7, 11) is 0. The molecule has 0 atom stereocenters. The average molecular weight is 372 g/mol. The SMILES string of the molecule is O=C(NCCCSc1ccccc1)C1CCN(C(=O)c2ccco2)CC1. The lowest BCUT2D eigenvalue weighted by Gasteiger charge is -2.30. The molecule has 1 aromatic heterocycles. The fourth-order valence-corrected chi connectivity index (χ4v) is 3.91. The number of carbonyl (C=O) groups is 2. The number of benzene rings is 1. The molecule has 1 saturated heterocycles. The predicted molar refractivity (Wildman–Crippen MR) is 102 cm³/mol. The van der Waals surface area contributed by atoms with Crippen molar-refractivity contribution in [3.05, 3.63) is 54.5 Å². The minimum absolute atomic E-state index is 0.00238. The lowest BCUT2D eigenvalue weighted by molar-refractivity contribution is -0.126. The van der Waals surface area contributed by atoms with Gasteiger partial charge in [-0.15, -0.1) is 11.8 Å². The molecule has 1 fully saturated rings. The molecule has 0 bridgehead atoms. The third kappa shape index (κ3) is 5.14. The van der Waals surface area contributed by atoms with Gasteiger partial charge in [-0.1, -0.05) is 18.2 Å². The van der Waals surface area contributed by atoms with E-state index in [2.05, 4.69) is 17.4 Å². The van der Waals surface area contributed by atoms with Gasteiger partial charge in [-0.25, -0.2) is 0 Å². The molecule has 3 rings (SSSR count). The molecule has 1 aliphatic heterocycles. The quantitative estimate of drug-likeness (QED) is 0.597. The van der Waals surface area contributed by atoms with Gasteiger partial charge in [-0.05, 0) is 49.3 Å². The van der Waals surface area contributed by atoms with Crippen molar-refractivity contribution in [3.8, 4) is 0 Å². The van der Waals surface area contributed by atoms with Crippen LogP contribution in [0.1, 0.15) is 29.8 Å². The summed E-state index contributed by atoms with van der Waals surface area (Å²) in [5.41, 5.74) is 0. The van der Waals surface area contributed by atoms with Crippen molar-refractivity contribution >= 4 is 23.6 Å². The Morgan fingerprint density at radius 3 is 2.58 bits per heavy atom. The van der Waals surface area contributed by atoms with Gasteiger partial charge in [0.25, 0.3) is 5.91 Å². The molecule has 1 aliphatic rings. The molecule has 0 saturated carbocycles. The van der Waals surface area contributed by atoms with Crippen molar-refractivity contribution in [2.75, 3.05) is 25.4 Å². The number of thioether (sulfide) groups is 1. The fourth-order valence-electron chi connectivity index (χ4n) is 3.04. The maximum atomic E-state index is 12.3. The molecule has 2 aromatic rings. The molecule has 1 N–H and O–H groups in total. The third-order valence-electron chi connectivity index (χ3n) is 4.52. The fraction of sp³-hybridized carbons (Fsp3) is 0.400. The molecule has 6 heteroatoms. The average Bonchev–Trinajstić information content (AvgIpc) is 3.23. The zero-order chi connectivity index (χ0) is 18.2. The number of hydrogen-bond acceptors (Lipinski definition) is 4. The van der Waals surface area contributed by atoms with E-state index in [0.29, 0.717) is 38.2 Å². The Morgan fingerprint density at radius 2 is 1.88 bits per heavy atom. The van der Waals surface area contributed by atoms with Crippen molar-refractivity contribution in [1.82, 2.24) is 10.2 Å². The minimum Gasteiger partial charge on any atom is -0.459 e. The van der Waals surface area contributed by atoms with Crippen LogP contribution in [0, 0.1) is 5.92 Å². The zero-order valence-corrected chi connectivity index (χ0v) is 15.5. The van der Waals surface area contributed by atoms with E-state index in [1.165, 1.54) is 11.2 Å². The Bertz CT molecular complexity index is 695. The molecule has 5 nitrogen and oxygen atoms in total. The predicted octanol–water partition coefficient (Wildman–Crippen LogP) is 3.43. The first-order chi connectivity index (χ1) is 12.7. The topological polar surface area (TPSA) is 62.6 Å². The van der Waals surface area contributed by atoms with Gasteiger partial charge in [0, 0.05) is 30.4 Å². The van der Waals surface area contributed by atoms with Crippen molar-refractivity contribution in [2.24, 2.45) is 5.92 Å². The summed E-state index contributed by atoms with van der Waals surface area (Å²) >= 11 is 1.81. The number of likely N-dealkylation sites (tertiary alicyclic amines) is 1. The van der Waals surface area contributed by atoms with E-state index < -0.39 is 0 Å². The summed E-state index contributed by atoms with van der Waals surface area (Å²) in [6, 6.07) is 13.7. The highest BCUT2D eigenvalue weighted by Gasteiger charge is 2.28. The van der Waals surface area contributed by atoms with Crippen LogP contribution in [-0.4, -0.2) is 42.1 Å². The van der Waals surface area contributed by atoms with Gasteiger partial charge >= 0.3 is 0 Å². The summed E-state index contributed by atoms with van der Waals surface area (Å²) in [6.07, 6.45) is 3.86. The second kappa shape index (κ2) is 9.48. The van der Waals surface area contributed by atoms with Crippen molar-refractivity contribution in [1.29, 1.82) is 0 Å². The number of nitrogens with zero attached hydrogens (tertiary/aromatic N) is 1. The van der Waals surface area contributed by atoms with Crippen LogP contribution in [0.4, 0.5) is 0 Å². The summed E-state index contributed by atoms with van der Waals surface area (Å²) in [5.74, 6) is 1.37.